The molecule has 0 aliphatic carbocycles. The van der Waals surface area contributed by atoms with Gasteiger partial charge < -0.3 is 10.0 Å². The zero-order valence-corrected chi connectivity index (χ0v) is 8.46. The quantitative estimate of drug-likeness (QED) is 0.781. The molecule has 1 aromatic heterocycles. The van der Waals surface area contributed by atoms with Gasteiger partial charge in [-0.2, -0.15) is 9.37 Å². The Morgan fingerprint density at radius 1 is 1.38 bits per heavy atom. The molecule has 1 fully saturated rings. The summed E-state index contributed by atoms with van der Waals surface area (Å²) in [6.07, 6.45) is 0.691. The number of rotatable bonds is 2. The molecule has 3 nitrogen and oxygen atoms in total. The summed E-state index contributed by atoms with van der Waals surface area (Å²) in [5.74, 6) is -3.62. The number of hydrogen-bond acceptors (Lipinski definition) is 3. The number of pyridine rings is 1. The summed E-state index contributed by atoms with van der Waals surface area (Å²) in [5, 5.41) is 8.92. The molecule has 2 rings (SSSR count). The molecule has 0 aromatic carbocycles. The maximum absolute atomic E-state index is 13.3. The van der Waals surface area contributed by atoms with Crippen molar-refractivity contribution in [2.24, 2.45) is 5.92 Å². The zero-order chi connectivity index (χ0) is 11.7. The molecule has 0 spiro atoms. The maximum atomic E-state index is 13.3. The second kappa shape index (κ2) is 4.29. The van der Waals surface area contributed by atoms with E-state index in [0.717, 1.165) is 0 Å². The van der Waals surface area contributed by atoms with E-state index in [0.29, 0.717) is 25.6 Å². The highest BCUT2D eigenvalue weighted by atomic mass is 19.2. The largest absolute Gasteiger partial charge is 0.396 e. The van der Waals surface area contributed by atoms with Crippen molar-refractivity contribution in [1.29, 1.82) is 0 Å². The molecule has 1 aromatic rings. The van der Waals surface area contributed by atoms with Crippen LogP contribution in [-0.4, -0.2) is 29.8 Å². The van der Waals surface area contributed by atoms with Crippen molar-refractivity contribution < 1.29 is 18.3 Å². The SMILES string of the molecule is OCC1CCN(c2nc(F)c(F)cc2F)C1. The Balaban J connectivity index is 2.24. The van der Waals surface area contributed by atoms with Gasteiger partial charge in [-0.15, -0.1) is 0 Å². The van der Waals surface area contributed by atoms with Crippen LogP contribution in [0.5, 0.6) is 0 Å². The van der Waals surface area contributed by atoms with Crippen LogP contribution in [0.1, 0.15) is 6.42 Å². The fourth-order valence-electron chi connectivity index (χ4n) is 1.83. The Morgan fingerprint density at radius 3 is 2.75 bits per heavy atom. The second-order valence-corrected chi connectivity index (χ2v) is 3.85. The smallest absolute Gasteiger partial charge is 0.251 e. The highest BCUT2D eigenvalue weighted by Gasteiger charge is 2.26. The topological polar surface area (TPSA) is 36.4 Å². The monoisotopic (exact) mass is 232 g/mol. The normalized spacial score (nSPS) is 20.5. The van der Waals surface area contributed by atoms with Crippen LogP contribution in [-0.2, 0) is 0 Å². The molecule has 0 amide bonds. The molecular formula is C10H11F3N2O. The molecule has 1 N–H and O–H groups in total. The van der Waals surface area contributed by atoms with Gasteiger partial charge in [-0.25, -0.2) is 8.78 Å². The standard InChI is InChI=1S/C10H11F3N2O/c11-7-3-8(12)10(14-9(7)13)15-2-1-6(4-15)5-16/h3,6,16H,1-2,4-5H2. The third-order valence-corrected chi connectivity index (χ3v) is 2.71. The first-order valence-electron chi connectivity index (χ1n) is 4.99. The first kappa shape index (κ1) is 11.2. The van der Waals surface area contributed by atoms with Crippen molar-refractivity contribution in [3.63, 3.8) is 0 Å². The van der Waals surface area contributed by atoms with Crippen molar-refractivity contribution in [2.45, 2.75) is 6.42 Å². The van der Waals surface area contributed by atoms with Crippen molar-refractivity contribution in [3.8, 4) is 0 Å². The zero-order valence-electron chi connectivity index (χ0n) is 8.46. The predicted octanol–water partition coefficient (Wildman–Crippen LogP) is 1.32. The summed E-state index contributed by atoms with van der Waals surface area (Å²) in [5.41, 5.74) is 0. The first-order chi connectivity index (χ1) is 7.61. The highest BCUT2D eigenvalue weighted by Crippen LogP contribution is 2.25. The van der Waals surface area contributed by atoms with Crippen LogP contribution in [0.2, 0.25) is 0 Å². The van der Waals surface area contributed by atoms with E-state index in [1.165, 1.54) is 4.90 Å². The van der Waals surface area contributed by atoms with Gasteiger partial charge in [0.2, 0.25) is 0 Å². The Hall–Kier alpha value is -1.30. The summed E-state index contributed by atoms with van der Waals surface area (Å²) in [6, 6.07) is 0.490. The Morgan fingerprint density at radius 2 is 2.12 bits per heavy atom. The minimum Gasteiger partial charge on any atom is -0.396 e. The molecule has 1 aliphatic heterocycles. The van der Waals surface area contributed by atoms with Gasteiger partial charge in [-0.3, -0.25) is 0 Å². The van der Waals surface area contributed by atoms with Gasteiger partial charge in [0.05, 0.1) is 0 Å². The summed E-state index contributed by atoms with van der Waals surface area (Å²) in [4.78, 5) is 4.76. The summed E-state index contributed by atoms with van der Waals surface area (Å²) < 4.78 is 38.9. The van der Waals surface area contributed by atoms with Gasteiger partial charge in [0.15, 0.2) is 17.5 Å². The maximum Gasteiger partial charge on any atom is 0.251 e. The summed E-state index contributed by atoms with van der Waals surface area (Å²) >= 11 is 0. The van der Waals surface area contributed by atoms with E-state index in [1.807, 2.05) is 0 Å². The van der Waals surface area contributed by atoms with E-state index in [4.69, 9.17) is 5.11 Å². The molecule has 0 radical (unpaired) electrons. The number of aliphatic hydroxyl groups excluding tert-OH is 1. The lowest BCUT2D eigenvalue weighted by atomic mass is 10.1. The molecule has 1 atom stereocenters. The van der Waals surface area contributed by atoms with Gasteiger partial charge in [0.1, 0.15) is 0 Å². The van der Waals surface area contributed by atoms with E-state index in [9.17, 15) is 13.2 Å². The molecule has 1 saturated heterocycles. The molecule has 1 unspecified atom stereocenters. The van der Waals surface area contributed by atoms with Crippen LogP contribution in [0.4, 0.5) is 19.0 Å². The average Bonchev–Trinajstić information content (AvgIpc) is 2.71. The van der Waals surface area contributed by atoms with Gasteiger partial charge >= 0.3 is 0 Å². The van der Waals surface area contributed by atoms with E-state index < -0.39 is 17.6 Å². The van der Waals surface area contributed by atoms with E-state index in [2.05, 4.69) is 4.98 Å². The highest BCUT2D eigenvalue weighted by molar-refractivity contribution is 5.41. The Kier molecular flexibility index (Phi) is 3.00. The molecule has 2 heterocycles. The number of aromatic nitrogens is 1. The lowest BCUT2D eigenvalue weighted by molar-refractivity contribution is 0.238. The average molecular weight is 232 g/mol. The number of hydrogen-bond donors (Lipinski definition) is 1. The third kappa shape index (κ3) is 1.97. The fraction of sp³-hybridized carbons (Fsp3) is 0.500. The van der Waals surface area contributed by atoms with E-state index in [1.54, 1.807) is 0 Å². The lowest BCUT2D eigenvalue weighted by Gasteiger charge is -2.17. The first-order valence-corrected chi connectivity index (χ1v) is 4.99. The van der Waals surface area contributed by atoms with Gasteiger partial charge in [-0.1, -0.05) is 0 Å². The Labute approximate surface area is 90.5 Å². The van der Waals surface area contributed by atoms with Crippen LogP contribution in [0.15, 0.2) is 6.07 Å². The number of aliphatic hydroxyl groups is 1. The van der Waals surface area contributed by atoms with Crippen molar-refractivity contribution in [2.75, 3.05) is 24.6 Å². The number of nitrogens with zero attached hydrogens (tertiary/aromatic N) is 2. The fourth-order valence-corrected chi connectivity index (χ4v) is 1.83. The summed E-state index contributed by atoms with van der Waals surface area (Å²) in [6.45, 7) is 0.896. The molecule has 1 aliphatic rings. The lowest BCUT2D eigenvalue weighted by Crippen LogP contribution is -2.23. The molecular weight excluding hydrogens is 221 g/mol. The molecule has 0 bridgehead atoms. The second-order valence-electron chi connectivity index (χ2n) is 3.85. The number of halogens is 3. The summed E-state index contributed by atoms with van der Waals surface area (Å²) in [7, 11) is 0. The van der Waals surface area contributed by atoms with Crippen molar-refractivity contribution >= 4 is 5.82 Å². The van der Waals surface area contributed by atoms with E-state index in [-0.39, 0.29) is 18.3 Å². The third-order valence-electron chi connectivity index (χ3n) is 2.71. The minimum atomic E-state index is -1.30. The number of anilines is 1. The molecule has 0 saturated carbocycles. The van der Waals surface area contributed by atoms with Crippen LogP contribution in [0.3, 0.4) is 0 Å². The minimum absolute atomic E-state index is 0.00178. The van der Waals surface area contributed by atoms with Gasteiger partial charge in [-0.05, 0) is 6.42 Å². The Bertz CT molecular complexity index is 400. The van der Waals surface area contributed by atoms with Crippen LogP contribution < -0.4 is 4.90 Å². The van der Waals surface area contributed by atoms with Crippen LogP contribution in [0.25, 0.3) is 0 Å². The predicted molar refractivity (Wildman–Crippen MR) is 51.5 cm³/mol. The molecule has 88 valence electrons. The molecule has 6 heteroatoms. The van der Waals surface area contributed by atoms with Crippen LogP contribution in [0, 0.1) is 23.5 Å². The van der Waals surface area contributed by atoms with Crippen molar-refractivity contribution in [3.05, 3.63) is 23.6 Å². The van der Waals surface area contributed by atoms with E-state index >= 15 is 0 Å². The molecule has 16 heavy (non-hydrogen) atoms. The van der Waals surface area contributed by atoms with Gasteiger partial charge in [0, 0.05) is 31.7 Å². The van der Waals surface area contributed by atoms with Crippen LogP contribution >= 0.6 is 0 Å². The van der Waals surface area contributed by atoms with Gasteiger partial charge in [0.25, 0.3) is 5.95 Å². The van der Waals surface area contributed by atoms with Crippen molar-refractivity contribution in [1.82, 2.24) is 4.98 Å².